The first kappa shape index (κ1) is 19.7. The van der Waals surface area contributed by atoms with Crippen LogP contribution in [0.5, 0.6) is 11.5 Å². The Balaban J connectivity index is 2.24. The first-order chi connectivity index (χ1) is 12.1. The Kier molecular flexibility index (Phi) is 7.72. The molecule has 0 fully saturated rings. The SMILES string of the molecule is C=C1CC(C(C)C)COc2cc(OCCCOC)c(CCOC)nc21. The molecule has 140 valence electrons. The predicted octanol–water partition coefficient (Wildman–Crippen LogP) is 3.75. The van der Waals surface area contributed by atoms with Gasteiger partial charge in [0.1, 0.15) is 17.2 Å². The molecule has 1 unspecified atom stereocenters. The Morgan fingerprint density at radius 3 is 2.68 bits per heavy atom. The van der Waals surface area contributed by atoms with Crippen LogP contribution in [0.2, 0.25) is 0 Å². The van der Waals surface area contributed by atoms with Crippen molar-refractivity contribution in [1.82, 2.24) is 4.98 Å². The molecule has 25 heavy (non-hydrogen) atoms. The van der Waals surface area contributed by atoms with Crippen LogP contribution in [0.4, 0.5) is 0 Å². The number of hydrogen-bond acceptors (Lipinski definition) is 5. The fourth-order valence-electron chi connectivity index (χ4n) is 2.86. The summed E-state index contributed by atoms with van der Waals surface area (Å²) in [4.78, 5) is 4.82. The number of rotatable bonds is 9. The van der Waals surface area contributed by atoms with Crippen LogP contribution in [-0.2, 0) is 15.9 Å². The molecule has 0 amide bonds. The lowest BCUT2D eigenvalue weighted by molar-refractivity contribution is 0.170. The molecule has 0 spiro atoms. The molecule has 1 aliphatic rings. The van der Waals surface area contributed by atoms with E-state index in [9.17, 15) is 0 Å². The largest absolute Gasteiger partial charge is 0.491 e. The number of aromatic nitrogens is 1. The van der Waals surface area contributed by atoms with E-state index >= 15 is 0 Å². The predicted molar refractivity (Wildman–Crippen MR) is 99.3 cm³/mol. The van der Waals surface area contributed by atoms with Crippen molar-refractivity contribution in [2.24, 2.45) is 11.8 Å². The van der Waals surface area contributed by atoms with Crippen LogP contribution in [0.1, 0.15) is 38.1 Å². The van der Waals surface area contributed by atoms with Crippen LogP contribution in [0.3, 0.4) is 0 Å². The lowest BCUT2D eigenvalue weighted by atomic mass is 9.90. The Labute approximate surface area is 151 Å². The van der Waals surface area contributed by atoms with Crippen molar-refractivity contribution in [2.45, 2.75) is 33.1 Å². The van der Waals surface area contributed by atoms with Crippen LogP contribution in [0, 0.1) is 11.8 Å². The van der Waals surface area contributed by atoms with Gasteiger partial charge < -0.3 is 18.9 Å². The third kappa shape index (κ3) is 5.44. The van der Waals surface area contributed by atoms with Crippen molar-refractivity contribution in [1.29, 1.82) is 0 Å². The van der Waals surface area contributed by atoms with Crippen LogP contribution >= 0.6 is 0 Å². The Hall–Kier alpha value is -1.59. The lowest BCUT2D eigenvalue weighted by Gasteiger charge is -2.17. The summed E-state index contributed by atoms with van der Waals surface area (Å²) in [5.41, 5.74) is 2.79. The average Bonchev–Trinajstić information content (AvgIpc) is 2.75. The second-order valence-corrected chi connectivity index (χ2v) is 6.84. The van der Waals surface area contributed by atoms with Crippen molar-refractivity contribution in [3.63, 3.8) is 0 Å². The van der Waals surface area contributed by atoms with Gasteiger partial charge in [0.05, 0.1) is 25.5 Å². The molecule has 1 aromatic heterocycles. The highest BCUT2D eigenvalue weighted by Crippen LogP contribution is 2.37. The maximum Gasteiger partial charge on any atom is 0.148 e. The van der Waals surface area contributed by atoms with Crippen molar-refractivity contribution >= 4 is 5.57 Å². The maximum absolute atomic E-state index is 6.06. The van der Waals surface area contributed by atoms with Gasteiger partial charge in [0.15, 0.2) is 0 Å². The Morgan fingerprint density at radius 1 is 1.24 bits per heavy atom. The van der Waals surface area contributed by atoms with Gasteiger partial charge in [0.25, 0.3) is 0 Å². The van der Waals surface area contributed by atoms with E-state index in [1.165, 1.54) is 0 Å². The highest BCUT2D eigenvalue weighted by molar-refractivity contribution is 5.67. The summed E-state index contributed by atoms with van der Waals surface area (Å²) in [5, 5.41) is 0. The monoisotopic (exact) mass is 349 g/mol. The molecule has 5 heteroatoms. The topological polar surface area (TPSA) is 49.8 Å². The molecule has 0 radical (unpaired) electrons. The molecule has 0 bridgehead atoms. The van der Waals surface area contributed by atoms with Crippen molar-refractivity contribution in [3.05, 3.63) is 24.0 Å². The zero-order valence-electron chi connectivity index (χ0n) is 16.0. The van der Waals surface area contributed by atoms with Gasteiger partial charge in [-0.05, 0) is 23.8 Å². The quantitative estimate of drug-likeness (QED) is 0.636. The fourth-order valence-corrected chi connectivity index (χ4v) is 2.86. The molecule has 0 saturated carbocycles. The van der Waals surface area contributed by atoms with Crippen molar-refractivity contribution in [2.75, 3.05) is 40.6 Å². The molecule has 2 heterocycles. The van der Waals surface area contributed by atoms with E-state index in [0.717, 1.165) is 41.3 Å². The van der Waals surface area contributed by atoms with Gasteiger partial charge >= 0.3 is 0 Å². The van der Waals surface area contributed by atoms with Gasteiger partial charge in [-0.3, -0.25) is 0 Å². The van der Waals surface area contributed by atoms with Gasteiger partial charge in [-0.25, -0.2) is 4.98 Å². The molecule has 1 atom stereocenters. The van der Waals surface area contributed by atoms with Gasteiger partial charge in [0.2, 0.25) is 0 Å². The molecular weight excluding hydrogens is 318 g/mol. The van der Waals surface area contributed by atoms with Crippen LogP contribution in [-0.4, -0.2) is 45.6 Å². The molecule has 0 aromatic carbocycles. The highest BCUT2D eigenvalue weighted by atomic mass is 16.5. The van der Waals surface area contributed by atoms with Crippen molar-refractivity contribution < 1.29 is 18.9 Å². The van der Waals surface area contributed by atoms with E-state index in [1.807, 2.05) is 6.07 Å². The van der Waals surface area contributed by atoms with E-state index in [2.05, 4.69) is 20.4 Å². The minimum absolute atomic E-state index is 0.454. The normalized spacial score (nSPS) is 17.2. The van der Waals surface area contributed by atoms with Gasteiger partial charge in [-0.15, -0.1) is 0 Å². The lowest BCUT2D eigenvalue weighted by Crippen LogP contribution is -2.16. The Morgan fingerprint density at radius 2 is 2.00 bits per heavy atom. The van der Waals surface area contributed by atoms with Gasteiger partial charge in [-0.2, -0.15) is 0 Å². The zero-order chi connectivity index (χ0) is 18.2. The summed E-state index contributed by atoms with van der Waals surface area (Å²) in [7, 11) is 3.39. The number of hydrogen-bond donors (Lipinski definition) is 0. The molecule has 0 aliphatic carbocycles. The fraction of sp³-hybridized carbons (Fsp3) is 0.650. The summed E-state index contributed by atoms with van der Waals surface area (Å²) in [5.74, 6) is 2.54. The molecule has 2 rings (SSSR count). The highest BCUT2D eigenvalue weighted by Gasteiger charge is 2.25. The number of nitrogens with zero attached hydrogens (tertiary/aromatic N) is 1. The molecular formula is C20H31NO4. The van der Waals surface area contributed by atoms with E-state index in [-0.39, 0.29) is 0 Å². The van der Waals surface area contributed by atoms with Gasteiger partial charge in [0, 0.05) is 39.7 Å². The minimum Gasteiger partial charge on any atom is -0.491 e. The van der Waals surface area contributed by atoms with E-state index < -0.39 is 0 Å². The van der Waals surface area contributed by atoms with Crippen LogP contribution < -0.4 is 9.47 Å². The summed E-state index contributed by atoms with van der Waals surface area (Å²) in [6.07, 6.45) is 2.44. The van der Waals surface area contributed by atoms with E-state index in [1.54, 1.807) is 14.2 Å². The summed E-state index contributed by atoms with van der Waals surface area (Å²) in [6, 6.07) is 1.97. The average molecular weight is 349 g/mol. The number of ether oxygens (including phenoxy) is 4. The second kappa shape index (κ2) is 9.78. The van der Waals surface area contributed by atoms with Gasteiger partial charge in [-0.1, -0.05) is 20.4 Å². The van der Waals surface area contributed by atoms with E-state index in [0.29, 0.717) is 44.7 Å². The molecule has 1 aliphatic heterocycles. The first-order valence-corrected chi connectivity index (χ1v) is 9.02. The summed E-state index contributed by atoms with van der Waals surface area (Å²) < 4.78 is 22.3. The third-order valence-corrected chi connectivity index (χ3v) is 4.56. The number of fused-ring (bicyclic) bond motifs is 1. The molecule has 0 saturated heterocycles. The van der Waals surface area contributed by atoms with Crippen molar-refractivity contribution in [3.8, 4) is 11.5 Å². The standard InChI is InChI=1S/C20H31NO4/c1-14(2)16-11-15(3)20-19(25-13-16)12-18(24-9-6-8-22-4)17(21-20)7-10-23-5/h12,14,16H,3,6-11,13H2,1-2,4-5H3. The molecule has 0 N–H and O–H groups in total. The van der Waals surface area contributed by atoms with Crippen LogP contribution in [0.25, 0.3) is 5.57 Å². The summed E-state index contributed by atoms with van der Waals surface area (Å²) in [6.45, 7) is 11.2. The molecule has 5 nitrogen and oxygen atoms in total. The first-order valence-electron chi connectivity index (χ1n) is 9.02. The third-order valence-electron chi connectivity index (χ3n) is 4.56. The number of methoxy groups -OCH3 is 2. The number of pyridine rings is 1. The van der Waals surface area contributed by atoms with Crippen LogP contribution in [0.15, 0.2) is 12.6 Å². The molecule has 1 aromatic rings. The second-order valence-electron chi connectivity index (χ2n) is 6.84. The summed E-state index contributed by atoms with van der Waals surface area (Å²) >= 11 is 0. The Bertz CT molecular complexity index is 571. The zero-order valence-corrected chi connectivity index (χ0v) is 16.0. The maximum atomic E-state index is 6.06. The van der Waals surface area contributed by atoms with E-state index in [4.69, 9.17) is 23.9 Å². The number of allylic oxidation sites excluding steroid dienone is 1. The minimum atomic E-state index is 0.454. The smallest absolute Gasteiger partial charge is 0.148 e.